The van der Waals surface area contributed by atoms with E-state index >= 15 is 0 Å². The minimum absolute atomic E-state index is 0.639. The Bertz CT molecular complexity index is 521. The first-order valence-corrected chi connectivity index (χ1v) is 6.54. The molecule has 1 unspecified atom stereocenters. The van der Waals surface area contributed by atoms with Gasteiger partial charge in [-0.15, -0.1) is 0 Å². The van der Waals surface area contributed by atoms with Gasteiger partial charge in [0.15, 0.2) is 11.5 Å². The number of rotatable bonds is 3. The maximum atomic E-state index is 5.19. The molecule has 0 aliphatic heterocycles. The maximum absolute atomic E-state index is 5.19. The Morgan fingerprint density at radius 1 is 1.31 bits per heavy atom. The van der Waals surface area contributed by atoms with Crippen LogP contribution in [-0.2, 0) is 4.43 Å². The molecule has 0 bridgehead atoms. The van der Waals surface area contributed by atoms with E-state index in [2.05, 4.69) is 42.0 Å². The van der Waals surface area contributed by atoms with Crippen LogP contribution in [0.1, 0.15) is 5.69 Å². The zero-order chi connectivity index (χ0) is 11.5. The third-order valence-electron chi connectivity index (χ3n) is 2.14. The summed E-state index contributed by atoms with van der Waals surface area (Å²) >= 11 is 2.26. The Kier molecular flexibility index (Phi) is 3.76. The van der Waals surface area contributed by atoms with Crippen LogP contribution in [0, 0.1) is 0 Å². The number of nitrogens with zero attached hydrogens (tertiary/aromatic N) is 2. The van der Waals surface area contributed by atoms with Crippen molar-refractivity contribution in [3.8, 4) is 11.5 Å². The molecule has 1 heterocycles. The van der Waals surface area contributed by atoms with Gasteiger partial charge in [0.05, 0.1) is 33.3 Å². The van der Waals surface area contributed by atoms with Crippen molar-refractivity contribution in [1.82, 2.24) is 9.97 Å². The predicted molar refractivity (Wildman–Crippen MR) is 74.2 cm³/mol. The fourth-order valence-electron chi connectivity index (χ4n) is 1.38. The minimum atomic E-state index is 0.639. The van der Waals surface area contributed by atoms with Gasteiger partial charge in [-0.1, -0.05) is 22.6 Å². The van der Waals surface area contributed by atoms with Crippen molar-refractivity contribution in [2.24, 2.45) is 0 Å². The van der Waals surface area contributed by atoms with E-state index in [4.69, 9.17) is 9.26 Å². The highest BCUT2D eigenvalue weighted by Gasteiger charge is 2.08. The second-order valence-electron chi connectivity index (χ2n) is 3.10. The number of benzene rings is 1. The Morgan fingerprint density at radius 2 is 2.06 bits per heavy atom. The largest absolute Gasteiger partial charge is 0.493 e. The Morgan fingerprint density at radius 3 is 2.69 bits per heavy atom. The lowest BCUT2D eigenvalue weighted by Crippen LogP contribution is -1.92. The molecule has 84 valence electrons. The van der Waals surface area contributed by atoms with E-state index < -0.39 is 0 Å². The summed E-state index contributed by atoms with van der Waals surface area (Å²) in [5, 5.41) is 0. The van der Waals surface area contributed by atoms with E-state index in [9.17, 15) is 0 Å². The summed E-state index contributed by atoms with van der Waals surface area (Å²) < 4.78 is 11.2. The molecule has 16 heavy (non-hydrogen) atoms. The average Bonchev–Trinajstić information content (AvgIpc) is 2.36. The van der Waals surface area contributed by atoms with Crippen LogP contribution in [0.3, 0.4) is 0 Å². The highest BCUT2D eigenvalue weighted by Crippen LogP contribution is 2.32. The molecule has 0 saturated heterocycles. The van der Waals surface area contributed by atoms with Crippen LogP contribution in [0.4, 0.5) is 0 Å². The van der Waals surface area contributed by atoms with Crippen molar-refractivity contribution in [2.45, 2.75) is 4.43 Å². The van der Waals surface area contributed by atoms with Gasteiger partial charge in [-0.05, 0) is 0 Å². The van der Waals surface area contributed by atoms with Crippen LogP contribution >= 0.6 is 32.1 Å². The van der Waals surface area contributed by atoms with Gasteiger partial charge in [0.1, 0.15) is 0 Å². The second-order valence-corrected chi connectivity index (χ2v) is 4.10. The quantitative estimate of drug-likeness (QED) is 0.486. The second kappa shape index (κ2) is 5.10. The van der Waals surface area contributed by atoms with Crippen molar-refractivity contribution in [3.05, 3.63) is 24.0 Å². The van der Waals surface area contributed by atoms with Gasteiger partial charge in [0.2, 0.25) is 0 Å². The number of methoxy groups -OCH3 is 1. The van der Waals surface area contributed by atoms with Gasteiger partial charge in [-0.2, -0.15) is 0 Å². The summed E-state index contributed by atoms with van der Waals surface area (Å²) in [5.74, 6) is 1.29. The number of hydrogen-bond acceptors (Lipinski definition) is 4. The Labute approximate surface area is 109 Å². The summed E-state index contributed by atoms with van der Waals surface area (Å²) in [7, 11) is 3.80. The molecule has 4 nitrogen and oxygen atoms in total. The molecule has 0 fully saturated rings. The smallest absolute Gasteiger partial charge is 0.166 e. The predicted octanol–water partition coefficient (Wildman–Crippen LogP) is 2.74. The van der Waals surface area contributed by atoms with E-state index in [1.165, 1.54) is 0 Å². The molecule has 0 amide bonds. The first kappa shape index (κ1) is 11.8. The molecular weight excluding hydrogens is 338 g/mol. The Balaban J connectivity index is 2.63. The zero-order valence-electron chi connectivity index (χ0n) is 8.61. The number of halogens is 1. The standard InChI is InChI=1S/C10H10IN2O2P/c1-14-9-2-7-8(3-10(9)15-16)13-6(4-11)5-12-7/h2-3,5H,4,16H2,1H3. The molecule has 0 radical (unpaired) electrons. The molecule has 2 rings (SSSR count). The van der Waals surface area contributed by atoms with E-state index in [-0.39, 0.29) is 0 Å². The zero-order valence-corrected chi connectivity index (χ0v) is 11.9. The van der Waals surface area contributed by atoms with E-state index in [1.807, 2.05) is 12.1 Å². The number of alkyl halides is 1. The molecule has 2 aromatic rings. The summed E-state index contributed by atoms with van der Waals surface area (Å²) in [6.45, 7) is 0. The molecule has 0 aliphatic carbocycles. The van der Waals surface area contributed by atoms with Gasteiger partial charge >= 0.3 is 0 Å². The third-order valence-corrected chi connectivity index (χ3v) is 3.18. The monoisotopic (exact) mass is 348 g/mol. The summed E-state index contributed by atoms with van der Waals surface area (Å²) in [6, 6.07) is 3.64. The van der Waals surface area contributed by atoms with Crippen LogP contribution in [0.25, 0.3) is 11.0 Å². The number of aromatic nitrogens is 2. The van der Waals surface area contributed by atoms with Crippen molar-refractivity contribution in [2.75, 3.05) is 7.11 Å². The lowest BCUT2D eigenvalue weighted by Gasteiger charge is -2.08. The Hall–Kier alpha value is -0.680. The molecule has 0 spiro atoms. The van der Waals surface area contributed by atoms with Crippen LogP contribution in [-0.4, -0.2) is 17.1 Å². The van der Waals surface area contributed by atoms with Crippen LogP contribution in [0.5, 0.6) is 11.5 Å². The van der Waals surface area contributed by atoms with E-state index in [0.717, 1.165) is 21.2 Å². The fourth-order valence-corrected chi connectivity index (χ4v) is 1.93. The van der Waals surface area contributed by atoms with E-state index in [1.54, 1.807) is 13.3 Å². The number of ether oxygens (including phenoxy) is 1. The summed E-state index contributed by atoms with van der Waals surface area (Å²) in [4.78, 5) is 8.79. The topological polar surface area (TPSA) is 44.2 Å². The van der Waals surface area contributed by atoms with Crippen LogP contribution < -0.4 is 9.26 Å². The maximum Gasteiger partial charge on any atom is 0.166 e. The molecule has 1 atom stereocenters. The molecule has 0 saturated carbocycles. The van der Waals surface area contributed by atoms with Gasteiger partial charge in [0.25, 0.3) is 0 Å². The highest BCUT2D eigenvalue weighted by molar-refractivity contribution is 14.1. The summed E-state index contributed by atoms with van der Waals surface area (Å²) in [6.07, 6.45) is 1.77. The van der Waals surface area contributed by atoms with Gasteiger partial charge < -0.3 is 9.26 Å². The molecule has 0 aliphatic rings. The van der Waals surface area contributed by atoms with Crippen molar-refractivity contribution in [3.63, 3.8) is 0 Å². The fraction of sp³-hybridized carbons (Fsp3) is 0.200. The summed E-state index contributed by atoms with van der Waals surface area (Å²) in [5.41, 5.74) is 2.57. The molecular formula is C10H10IN2O2P. The lowest BCUT2D eigenvalue weighted by molar-refractivity contribution is 0.400. The van der Waals surface area contributed by atoms with Crippen molar-refractivity contribution < 1.29 is 9.26 Å². The molecule has 1 aromatic carbocycles. The normalized spacial score (nSPS) is 10.4. The highest BCUT2D eigenvalue weighted by atomic mass is 127. The van der Waals surface area contributed by atoms with Gasteiger partial charge in [-0.25, -0.2) is 4.98 Å². The third kappa shape index (κ3) is 2.20. The van der Waals surface area contributed by atoms with Gasteiger partial charge in [0, 0.05) is 22.8 Å². The van der Waals surface area contributed by atoms with Crippen LogP contribution in [0.2, 0.25) is 0 Å². The number of hydrogen-bond donors (Lipinski definition) is 0. The molecule has 1 aromatic heterocycles. The molecule has 6 heteroatoms. The SMILES string of the molecule is COc1cc2ncc(CI)nc2cc1OP. The van der Waals surface area contributed by atoms with Crippen molar-refractivity contribution in [1.29, 1.82) is 0 Å². The number of fused-ring (bicyclic) bond motifs is 1. The van der Waals surface area contributed by atoms with Crippen molar-refractivity contribution >= 4 is 43.1 Å². The van der Waals surface area contributed by atoms with Gasteiger partial charge in [-0.3, -0.25) is 4.98 Å². The lowest BCUT2D eigenvalue weighted by atomic mass is 10.2. The minimum Gasteiger partial charge on any atom is -0.493 e. The first-order chi connectivity index (χ1) is 7.78. The van der Waals surface area contributed by atoms with E-state index in [0.29, 0.717) is 11.5 Å². The average molecular weight is 348 g/mol. The van der Waals surface area contributed by atoms with Crippen LogP contribution in [0.15, 0.2) is 18.3 Å². The first-order valence-electron chi connectivity index (χ1n) is 4.55. The molecule has 0 N–H and O–H groups in total.